The summed E-state index contributed by atoms with van der Waals surface area (Å²) in [6.07, 6.45) is 6.97. The third kappa shape index (κ3) is 2.17. The van der Waals surface area contributed by atoms with Gasteiger partial charge in [0.05, 0.1) is 5.92 Å². The number of carboxylic acids is 1. The van der Waals surface area contributed by atoms with Crippen molar-refractivity contribution in [2.45, 2.75) is 44.6 Å². The van der Waals surface area contributed by atoms with Crippen LogP contribution in [0.4, 0.5) is 0 Å². The van der Waals surface area contributed by atoms with Gasteiger partial charge in [0.2, 0.25) is 0 Å². The second kappa shape index (κ2) is 4.52. The Hall–Kier alpha value is -0.570. The van der Waals surface area contributed by atoms with Gasteiger partial charge in [-0.3, -0.25) is 4.79 Å². The first-order valence-electron chi connectivity index (χ1n) is 6.13. The number of rotatable bonds is 2. The third-order valence-corrected chi connectivity index (χ3v) is 4.15. The molecule has 0 aromatic rings. The van der Waals surface area contributed by atoms with Gasteiger partial charge >= 0.3 is 5.97 Å². The van der Waals surface area contributed by atoms with Crippen LogP contribution in [-0.4, -0.2) is 35.6 Å². The van der Waals surface area contributed by atoms with Gasteiger partial charge in [0.15, 0.2) is 0 Å². The van der Waals surface area contributed by atoms with Crippen molar-refractivity contribution in [3.8, 4) is 0 Å². The number of nitrogens with zero attached hydrogens (tertiary/aromatic N) is 1. The first-order chi connectivity index (χ1) is 7.20. The van der Waals surface area contributed by atoms with Gasteiger partial charge < -0.3 is 10.0 Å². The fourth-order valence-corrected chi connectivity index (χ4v) is 3.44. The van der Waals surface area contributed by atoms with Crippen molar-refractivity contribution >= 4 is 5.97 Å². The Labute approximate surface area is 91.5 Å². The fourth-order valence-electron chi connectivity index (χ4n) is 3.44. The van der Waals surface area contributed by atoms with Crippen LogP contribution in [0.1, 0.15) is 38.5 Å². The molecule has 3 heteroatoms. The number of carboxylic acid groups (broad SMARTS) is 1. The summed E-state index contributed by atoms with van der Waals surface area (Å²) in [5, 5.41) is 9.26. The molecule has 0 spiro atoms. The Morgan fingerprint density at radius 3 is 2.47 bits per heavy atom. The molecule has 0 aromatic heterocycles. The van der Waals surface area contributed by atoms with E-state index in [2.05, 4.69) is 11.9 Å². The first kappa shape index (κ1) is 10.9. The molecule has 0 unspecified atom stereocenters. The lowest BCUT2D eigenvalue weighted by Gasteiger charge is -2.40. The van der Waals surface area contributed by atoms with E-state index in [1.807, 2.05) is 0 Å². The molecule has 1 saturated heterocycles. The molecule has 0 bridgehead atoms. The van der Waals surface area contributed by atoms with Crippen LogP contribution >= 0.6 is 0 Å². The van der Waals surface area contributed by atoms with E-state index >= 15 is 0 Å². The Morgan fingerprint density at radius 1 is 1.20 bits per heavy atom. The molecule has 1 aliphatic heterocycles. The molecule has 1 heterocycles. The molecule has 2 atom stereocenters. The monoisotopic (exact) mass is 211 g/mol. The van der Waals surface area contributed by atoms with E-state index in [0.29, 0.717) is 12.0 Å². The number of carbonyl (C=O) groups is 1. The summed E-state index contributed by atoms with van der Waals surface area (Å²) in [7, 11) is 2.10. The normalized spacial score (nSPS) is 34.5. The number of hydrogen-bond acceptors (Lipinski definition) is 2. The Kier molecular flexibility index (Phi) is 3.29. The largest absolute Gasteiger partial charge is 0.481 e. The molecule has 0 aromatic carbocycles. The fraction of sp³-hybridized carbons (Fsp3) is 0.917. The van der Waals surface area contributed by atoms with Gasteiger partial charge in [-0.05, 0) is 45.2 Å². The zero-order valence-electron chi connectivity index (χ0n) is 9.48. The molecular weight excluding hydrogens is 190 g/mol. The molecule has 86 valence electrons. The molecule has 1 saturated carbocycles. The van der Waals surface area contributed by atoms with E-state index in [4.69, 9.17) is 0 Å². The lowest BCUT2D eigenvalue weighted by molar-refractivity contribution is -0.147. The molecule has 2 rings (SSSR count). The Morgan fingerprint density at radius 2 is 1.87 bits per heavy atom. The van der Waals surface area contributed by atoms with Crippen molar-refractivity contribution < 1.29 is 9.90 Å². The minimum Gasteiger partial charge on any atom is -0.481 e. The zero-order valence-corrected chi connectivity index (χ0v) is 9.48. The SMILES string of the molecule is CN1CCC[C@H](C(=O)O)[C@H]1C1CCCC1. The molecule has 2 aliphatic rings. The van der Waals surface area contributed by atoms with Crippen LogP contribution in [0.15, 0.2) is 0 Å². The van der Waals surface area contributed by atoms with Crippen molar-refractivity contribution in [2.75, 3.05) is 13.6 Å². The van der Waals surface area contributed by atoms with E-state index in [-0.39, 0.29) is 5.92 Å². The smallest absolute Gasteiger partial charge is 0.308 e. The second-order valence-electron chi connectivity index (χ2n) is 5.10. The van der Waals surface area contributed by atoms with E-state index in [1.54, 1.807) is 0 Å². The quantitative estimate of drug-likeness (QED) is 0.759. The average molecular weight is 211 g/mol. The summed E-state index contributed by atoms with van der Waals surface area (Å²) >= 11 is 0. The Balaban J connectivity index is 2.10. The van der Waals surface area contributed by atoms with Crippen LogP contribution in [0.3, 0.4) is 0 Å². The van der Waals surface area contributed by atoms with E-state index in [1.165, 1.54) is 25.7 Å². The molecule has 3 nitrogen and oxygen atoms in total. The van der Waals surface area contributed by atoms with Crippen molar-refractivity contribution in [3.05, 3.63) is 0 Å². The summed E-state index contributed by atoms with van der Waals surface area (Å²) in [6.45, 7) is 1.07. The second-order valence-corrected chi connectivity index (χ2v) is 5.10. The van der Waals surface area contributed by atoms with Crippen LogP contribution in [0.5, 0.6) is 0 Å². The summed E-state index contributed by atoms with van der Waals surface area (Å²) in [5.41, 5.74) is 0. The molecule has 0 amide bonds. The van der Waals surface area contributed by atoms with Crippen LogP contribution < -0.4 is 0 Å². The van der Waals surface area contributed by atoms with Crippen molar-refractivity contribution in [3.63, 3.8) is 0 Å². The lowest BCUT2D eigenvalue weighted by atomic mass is 9.80. The summed E-state index contributed by atoms with van der Waals surface area (Å²) in [6, 6.07) is 0.304. The number of likely N-dealkylation sites (tertiary alicyclic amines) is 1. The highest BCUT2D eigenvalue weighted by Gasteiger charge is 2.39. The van der Waals surface area contributed by atoms with Crippen molar-refractivity contribution in [1.29, 1.82) is 0 Å². The van der Waals surface area contributed by atoms with Crippen LogP contribution in [0.2, 0.25) is 0 Å². The highest BCUT2D eigenvalue weighted by atomic mass is 16.4. The minimum absolute atomic E-state index is 0.119. The van der Waals surface area contributed by atoms with Crippen molar-refractivity contribution in [1.82, 2.24) is 4.90 Å². The maximum Gasteiger partial charge on any atom is 0.308 e. The standard InChI is InChI=1S/C12H21NO2/c1-13-8-4-7-10(12(14)15)11(13)9-5-2-3-6-9/h9-11H,2-8H2,1H3,(H,14,15)/t10-,11+/m0/s1. The van der Waals surface area contributed by atoms with Gasteiger partial charge in [-0.15, -0.1) is 0 Å². The molecule has 2 fully saturated rings. The van der Waals surface area contributed by atoms with E-state index in [9.17, 15) is 9.90 Å². The summed E-state index contributed by atoms with van der Waals surface area (Å²) in [5.74, 6) is -0.0679. The summed E-state index contributed by atoms with van der Waals surface area (Å²) < 4.78 is 0. The molecule has 1 aliphatic carbocycles. The molecule has 0 radical (unpaired) electrons. The minimum atomic E-state index is -0.585. The van der Waals surface area contributed by atoms with Gasteiger partial charge in [-0.25, -0.2) is 0 Å². The Bertz CT molecular complexity index is 236. The maximum atomic E-state index is 11.2. The number of hydrogen-bond donors (Lipinski definition) is 1. The van der Waals surface area contributed by atoms with Gasteiger partial charge in [0.25, 0.3) is 0 Å². The van der Waals surface area contributed by atoms with Crippen LogP contribution in [-0.2, 0) is 4.79 Å². The molecular formula is C12H21NO2. The molecule has 15 heavy (non-hydrogen) atoms. The highest BCUT2D eigenvalue weighted by molar-refractivity contribution is 5.71. The first-order valence-corrected chi connectivity index (χ1v) is 6.13. The van der Waals surface area contributed by atoms with Gasteiger partial charge in [-0.1, -0.05) is 12.8 Å². The maximum absolute atomic E-state index is 11.2. The van der Waals surface area contributed by atoms with Crippen LogP contribution in [0.25, 0.3) is 0 Å². The van der Waals surface area contributed by atoms with Gasteiger partial charge in [0, 0.05) is 6.04 Å². The highest BCUT2D eigenvalue weighted by Crippen LogP contribution is 2.37. The van der Waals surface area contributed by atoms with Gasteiger partial charge in [0.1, 0.15) is 0 Å². The average Bonchev–Trinajstić information content (AvgIpc) is 2.70. The van der Waals surface area contributed by atoms with E-state index < -0.39 is 5.97 Å². The van der Waals surface area contributed by atoms with Crippen LogP contribution in [0, 0.1) is 11.8 Å². The number of aliphatic carboxylic acids is 1. The summed E-state index contributed by atoms with van der Waals surface area (Å²) in [4.78, 5) is 13.5. The third-order valence-electron chi connectivity index (χ3n) is 4.15. The predicted octanol–water partition coefficient (Wildman–Crippen LogP) is 1.97. The zero-order chi connectivity index (χ0) is 10.8. The molecule has 1 N–H and O–H groups in total. The lowest BCUT2D eigenvalue weighted by Crippen LogP contribution is -2.49. The number of piperidine rings is 1. The van der Waals surface area contributed by atoms with Crippen molar-refractivity contribution in [2.24, 2.45) is 11.8 Å². The topological polar surface area (TPSA) is 40.5 Å². The van der Waals surface area contributed by atoms with Gasteiger partial charge in [-0.2, -0.15) is 0 Å². The van der Waals surface area contributed by atoms with E-state index in [0.717, 1.165) is 19.4 Å². The predicted molar refractivity (Wildman–Crippen MR) is 58.7 cm³/mol.